The Kier molecular flexibility index (Phi) is 17.0. The molecule has 0 aliphatic heterocycles. The molecule has 0 radical (unpaired) electrons. The molecule has 6 nitrogen and oxygen atoms in total. The van der Waals surface area contributed by atoms with Crippen LogP contribution in [-0.4, -0.2) is 45.7 Å². The van der Waals surface area contributed by atoms with Gasteiger partial charge in [-0.1, -0.05) is 21.6 Å². The van der Waals surface area contributed by atoms with Crippen LogP contribution in [0.2, 0.25) is 0 Å². The summed E-state index contributed by atoms with van der Waals surface area (Å²) in [5, 5.41) is 16.8. The van der Waals surface area contributed by atoms with E-state index in [1.54, 1.807) is 0 Å². The monoisotopic (exact) mass is 298 g/mol. The van der Waals surface area contributed by atoms with Crippen molar-refractivity contribution in [2.75, 3.05) is 11.5 Å². The van der Waals surface area contributed by atoms with E-state index in [1.165, 1.54) is 21.6 Å². The molecule has 0 saturated heterocycles. The second-order valence-corrected chi connectivity index (χ2v) is 5.01. The number of nitrogens with two attached hydrogens (primary N) is 2. The second-order valence-electron chi connectivity index (χ2n) is 2.46. The van der Waals surface area contributed by atoms with Crippen LogP contribution in [0, 0.1) is 0 Å². The molecule has 0 aromatic heterocycles. The predicted octanol–water partition coefficient (Wildman–Crippen LogP) is -6.80. The van der Waals surface area contributed by atoms with E-state index in [2.05, 4.69) is 0 Å². The molecule has 0 heterocycles. The molecule has 0 amide bonds. The van der Waals surface area contributed by atoms with Gasteiger partial charge in [-0.05, 0) is 0 Å². The van der Waals surface area contributed by atoms with Crippen LogP contribution in [0.4, 0.5) is 0 Å². The summed E-state index contributed by atoms with van der Waals surface area (Å²) in [6.45, 7) is 0. The van der Waals surface area contributed by atoms with Gasteiger partial charge in [-0.25, -0.2) is 0 Å². The zero-order valence-electron chi connectivity index (χ0n) is 8.63. The fourth-order valence-electron chi connectivity index (χ4n) is 0.385. The summed E-state index contributed by atoms with van der Waals surface area (Å²) < 4.78 is 0. The summed E-state index contributed by atoms with van der Waals surface area (Å²) in [4.78, 5) is 20.5. The van der Waals surface area contributed by atoms with Crippen molar-refractivity contribution in [1.82, 2.24) is 0 Å². The maximum absolute atomic E-state index is 10.3. The topological polar surface area (TPSA) is 127 Å². The molecule has 90 valence electrons. The average Bonchev–Trinajstić information content (AvgIpc) is 2.11. The van der Waals surface area contributed by atoms with Crippen LogP contribution in [0.1, 0.15) is 0 Å². The van der Waals surface area contributed by atoms with E-state index in [4.69, 9.17) is 21.7 Å². The van der Waals surface area contributed by atoms with E-state index in [1.807, 2.05) is 0 Å². The Morgan fingerprint density at radius 2 is 1.25 bits per heavy atom. The summed E-state index contributed by atoms with van der Waals surface area (Å²) >= 11 is 0. The zero-order chi connectivity index (χ0) is 11.1. The Labute approximate surface area is 129 Å². The Morgan fingerprint density at radius 3 is 1.44 bits per heavy atom. The molecule has 2 unspecified atom stereocenters. The van der Waals surface area contributed by atoms with Crippen molar-refractivity contribution in [2.45, 2.75) is 12.1 Å². The summed E-state index contributed by atoms with van der Waals surface area (Å²) in [5.41, 5.74) is 10.4. The minimum Gasteiger partial charge on any atom is -1.00 e. The van der Waals surface area contributed by atoms with E-state index in [0.29, 0.717) is 0 Å². The summed E-state index contributed by atoms with van der Waals surface area (Å²) in [6, 6.07) is -1.85. The Bertz CT molecular complexity index is 203. The average molecular weight is 299 g/mol. The summed E-state index contributed by atoms with van der Waals surface area (Å²) in [7, 11) is 2.41. The number of halogens is 1. The molecule has 0 aromatic rings. The zero-order valence-corrected chi connectivity index (χ0v) is 13.0. The minimum absolute atomic E-state index is 0. The number of rotatable bonds is 7. The number of carboxylic acids is 2. The Morgan fingerprint density at radius 1 is 1.00 bits per heavy atom. The van der Waals surface area contributed by atoms with Gasteiger partial charge in [0.05, 0.1) is 0 Å². The minimum atomic E-state index is -1.07. The van der Waals surface area contributed by atoms with Crippen molar-refractivity contribution in [3.05, 3.63) is 0 Å². The van der Waals surface area contributed by atoms with Crippen molar-refractivity contribution in [3.8, 4) is 0 Å². The molecule has 0 spiro atoms. The van der Waals surface area contributed by atoms with Crippen LogP contribution in [0.15, 0.2) is 0 Å². The van der Waals surface area contributed by atoms with Gasteiger partial charge in [0.15, 0.2) is 0 Å². The normalized spacial score (nSPS) is 12.9. The summed E-state index contributed by atoms with van der Waals surface area (Å²) in [6.07, 6.45) is 0. The molecule has 0 aliphatic carbocycles. The molecule has 0 saturated carbocycles. The molecule has 6 N–H and O–H groups in total. The molecule has 0 bridgehead atoms. The van der Waals surface area contributed by atoms with Crippen molar-refractivity contribution in [2.24, 2.45) is 11.5 Å². The standard InChI is InChI=1S/C6H12N2O4S2.ClH.Na/c7-3(5(9)10)1-13-14-2-4(8)6(11)12;;/h3-4H,1-2,7-8H2,(H,9,10)(H,11,12);1H;/q;;+1/p-1. The molecule has 0 aliphatic rings. The molecular formula is C6H12ClN2NaO4S2. The number of aliphatic carboxylic acids is 2. The molecule has 10 heteroatoms. The van der Waals surface area contributed by atoms with Crippen LogP contribution in [-0.2, 0) is 9.59 Å². The number of hydrogen-bond donors (Lipinski definition) is 4. The molecule has 0 fully saturated rings. The van der Waals surface area contributed by atoms with Gasteiger partial charge >= 0.3 is 41.5 Å². The Balaban J connectivity index is -0.000000845. The molecule has 0 aromatic carbocycles. The van der Waals surface area contributed by atoms with Gasteiger partial charge in [0.1, 0.15) is 12.1 Å². The van der Waals surface area contributed by atoms with Crippen molar-refractivity contribution in [3.63, 3.8) is 0 Å². The first-order valence-corrected chi connectivity index (χ1v) is 6.15. The first-order chi connectivity index (χ1) is 6.45. The van der Waals surface area contributed by atoms with Gasteiger partial charge in [-0.3, -0.25) is 9.59 Å². The molecule has 2 atom stereocenters. The van der Waals surface area contributed by atoms with Gasteiger partial charge in [-0.2, -0.15) is 0 Å². The third kappa shape index (κ3) is 11.3. The third-order valence-corrected chi connectivity index (χ3v) is 3.69. The molecule has 16 heavy (non-hydrogen) atoms. The Hall–Kier alpha value is 0.850. The van der Waals surface area contributed by atoms with Crippen molar-refractivity contribution < 1.29 is 61.8 Å². The van der Waals surface area contributed by atoms with Gasteiger partial charge in [0, 0.05) is 11.5 Å². The van der Waals surface area contributed by atoms with E-state index in [9.17, 15) is 9.59 Å². The first kappa shape index (κ1) is 22.1. The first-order valence-electron chi connectivity index (χ1n) is 3.66. The van der Waals surface area contributed by atoms with E-state index >= 15 is 0 Å². The van der Waals surface area contributed by atoms with Crippen LogP contribution < -0.4 is 53.4 Å². The SMILES string of the molecule is NC(CSSCC(N)C(=O)O)C(=O)O.[Cl-].[Na+]. The van der Waals surface area contributed by atoms with Crippen LogP contribution in [0.25, 0.3) is 0 Å². The van der Waals surface area contributed by atoms with Gasteiger partial charge in [0.25, 0.3) is 0 Å². The maximum atomic E-state index is 10.3. The second kappa shape index (κ2) is 12.3. The molecular weight excluding hydrogens is 287 g/mol. The van der Waals surface area contributed by atoms with Crippen LogP contribution >= 0.6 is 21.6 Å². The fourth-order valence-corrected chi connectivity index (χ4v) is 2.61. The smallest absolute Gasteiger partial charge is 1.00 e. The third-order valence-electron chi connectivity index (χ3n) is 1.21. The van der Waals surface area contributed by atoms with Crippen LogP contribution in [0.3, 0.4) is 0 Å². The van der Waals surface area contributed by atoms with E-state index in [0.717, 1.165) is 0 Å². The van der Waals surface area contributed by atoms with Crippen molar-refractivity contribution >= 4 is 33.5 Å². The van der Waals surface area contributed by atoms with Gasteiger partial charge < -0.3 is 34.1 Å². The number of carboxylic acid groups (broad SMARTS) is 2. The predicted molar refractivity (Wildman–Crippen MR) is 56.1 cm³/mol. The molecule has 0 rings (SSSR count). The van der Waals surface area contributed by atoms with E-state index in [-0.39, 0.29) is 53.5 Å². The van der Waals surface area contributed by atoms with Gasteiger partial charge in [-0.15, -0.1) is 0 Å². The number of carbonyl (C=O) groups is 2. The van der Waals surface area contributed by atoms with Gasteiger partial charge in [0.2, 0.25) is 0 Å². The quantitative estimate of drug-likeness (QED) is 0.207. The van der Waals surface area contributed by atoms with Crippen LogP contribution in [0.5, 0.6) is 0 Å². The summed E-state index contributed by atoms with van der Waals surface area (Å²) in [5.74, 6) is -1.68. The number of hydrogen-bond acceptors (Lipinski definition) is 6. The maximum Gasteiger partial charge on any atom is 1.00 e. The van der Waals surface area contributed by atoms with E-state index < -0.39 is 24.0 Å². The largest absolute Gasteiger partial charge is 1.00 e. The fraction of sp³-hybridized carbons (Fsp3) is 0.667. The van der Waals surface area contributed by atoms with Crippen molar-refractivity contribution in [1.29, 1.82) is 0 Å².